The number of pyridine rings is 3. The number of nitrogens with one attached hydrogen (secondary N) is 1. The lowest BCUT2D eigenvalue weighted by atomic mass is 9.43. The molecule has 2 bridgehead atoms. The van der Waals surface area contributed by atoms with Crippen LogP contribution in [-0.4, -0.2) is 73.6 Å². The van der Waals surface area contributed by atoms with Gasteiger partial charge >= 0.3 is 13.1 Å². The minimum atomic E-state index is -0.495. The number of amides is 1. The Hall–Kier alpha value is -3.32. The van der Waals surface area contributed by atoms with E-state index in [-0.39, 0.29) is 47.2 Å². The molecule has 3 aromatic heterocycles. The van der Waals surface area contributed by atoms with Gasteiger partial charge in [0.1, 0.15) is 5.60 Å². The fourth-order valence-electron chi connectivity index (χ4n) is 8.54. The predicted molar refractivity (Wildman–Crippen MR) is 213 cm³/mol. The Labute approximate surface area is 326 Å². The number of aromatic nitrogens is 3. The summed E-state index contributed by atoms with van der Waals surface area (Å²) >= 11 is 1.78. The van der Waals surface area contributed by atoms with Crippen molar-refractivity contribution >= 4 is 30.8 Å². The maximum atomic E-state index is 13.2. The third kappa shape index (κ3) is 10.1. The van der Waals surface area contributed by atoms with Crippen LogP contribution in [0.15, 0.2) is 67.1 Å². The summed E-state index contributed by atoms with van der Waals surface area (Å²) in [5.74, 6) is 1.73. The van der Waals surface area contributed by atoms with E-state index < -0.39 is 5.60 Å². The molecule has 0 radical (unpaired) electrons. The third-order valence-corrected chi connectivity index (χ3v) is 12.9. The van der Waals surface area contributed by atoms with E-state index in [4.69, 9.17) is 14.0 Å². The molecule has 6 atom stereocenters. The average molecular weight is 756 g/mol. The van der Waals surface area contributed by atoms with Crippen molar-refractivity contribution in [3.63, 3.8) is 0 Å². The fourth-order valence-corrected chi connectivity index (χ4v) is 9.64. The first kappa shape index (κ1) is 40.4. The van der Waals surface area contributed by atoms with Gasteiger partial charge in [0.15, 0.2) is 0 Å². The Morgan fingerprint density at radius 3 is 2.20 bits per heavy atom. The highest BCUT2D eigenvalue weighted by Gasteiger charge is 2.68. The SMILES string of the molecule is C[C@@H](CC[C@H](SCCNC(=O)c1ccc(CN(Cc2ccccn2)Cc2ccccn2)nc1)B1O[C@@H]2C[C@@H]3C[C@@H](C3(C)C)[C@]2(C)O1)CC(=O)OC(C)(C)C. The highest BCUT2D eigenvalue weighted by atomic mass is 32.2. The Bertz CT molecular complexity index is 1650. The van der Waals surface area contributed by atoms with Gasteiger partial charge in [0.2, 0.25) is 0 Å². The predicted octanol–water partition coefficient (Wildman–Crippen LogP) is 7.32. The van der Waals surface area contributed by atoms with Crippen LogP contribution >= 0.6 is 11.8 Å². The molecule has 1 amide bonds. The first-order chi connectivity index (χ1) is 25.7. The summed E-state index contributed by atoms with van der Waals surface area (Å²) in [5, 5.41) is 3.17. The van der Waals surface area contributed by atoms with Crippen LogP contribution in [-0.2, 0) is 38.5 Å². The molecule has 1 N–H and O–H groups in total. The summed E-state index contributed by atoms with van der Waals surface area (Å²) < 4.78 is 19.2. The first-order valence-corrected chi connectivity index (χ1v) is 20.7. The molecule has 1 aliphatic heterocycles. The molecule has 12 heteroatoms. The largest absolute Gasteiger partial charge is 0.471 e. The van der Waals surface area contributed by atoms with Crippen molar-refractivity contribution in [2.45, 2.75) is 123 Å². The van der Waals surface area contributed by atoms with E-state index in [1.807, 2.05) is 69.3 Å². The molecule has 0 spiro atoms. The minimum absolute atomic E-state index is 0.0757. The number of carbonyl (C=O) groups is 2. The second kappa shape index (κ2) is 17.2. The maximum absolute atomic E-state index is 13.2. The van der Waals surface area contributed by atoms with Crippen LogP contribution in [0.2, 0.25) is 0 Å². The molecule has 0 aromatic carbocycles. The van der Waals surface area contributed by atoms with Crippen molar-refractivity contribution in [1.82, 2.24) is 25.2 Å². The van der Waals surface area contributed by atoms with Gasteiger partial charge < -0.3 is 19.4 Å². The van der Waals surface area contributed by atoms with Crippen molar-refractivity contribution in [3.05, 3.63) is 89.8 Å². The van der Waals surface area contributed by atoms with Crippen LogP contribution in [0.25, 0.3) is 0 Å². The van der Waals surface area contributed by atoms with Gasteiger partial charge in [0.05, 0.1) is 34.4 Å². The lowest BCUT2D eigenvalue weighted by Gasteiger charge is -2.64. The number of hydrogen-bond donors (Lipinski definition) is 1. The van der Waals surface area contributed by atoms with Crippen molar-refractivity contribution in [3.8, 4) is 0 Å². The van der Waals surface area contributed by atoms with Gasteiger partial charge in [0, 0.05) is 62.1 Å². The van der Waals surface area contributed by atoms with Crippen LogP contribution in [0.1, 0.15) is 108 Å². The van der Waals surface area contributed by atoms with E-state index in [2.05, 4.69) is 52.9 Å². The van der Waals surface area contributed by atoms with Gasteiger partial charge in [-0.3, -0.25) is 29.4 Å². The summed E-state index contributed by atoms with van der Waals surface area (Å²) in [6.07, 6.45) is 9.69. The summed E-state index contributed by atoms with van der Waals surface area (Å²) in [4.78, 5) is 41.7. The first-order valence-electron chi connectivity index (χ1n) is 19.6. The monoisotopic (exact) mass is 755 g/mol. The zero-order chi connectivity index (χ0) is 38.5. The van der Waals surface area contributed by atoms with Crippen LogP contribution in [0.4, 0.5) is 0 Å². The standard InChI is InChI=1S/C42H58BN5O5S/c1-29(22-38(49)51-40(2,3)4)14-17-37(43-52-36-24-31-23-35(41(31,5)6)42(36,7)53-43)54-21-20-46-39(50)30-15-16-34(47-25-30)28-48(26-32-12-8-10-18-44-32)27-33-13-9-11-19-45-33/h8-13,15-16,18-19,25,29,31,35-37H,14,17,20-24,26-28H2,1-7H3,(H,46,50)/t29-,31-,35-,36+,37-,42-/m0/s1. The molecule has 4 aliphatic rings. The summed E-state index contributed by atoms with van der Waals surface area (Å²) in [7, 11) is -0.323. The highest BCUT2D eigenvalue weighted by molar-refractivity contribution is 8.01. The van der Waals surface area contributed by atoms with Gasteiger partial charge in [-0.05, 0) is 113 Å². The molecule has 3 saturated carbocycles. The quantitative estimate of drug-likeness (QED) is 0.0854. The molecule has 10 nitrogen and oxygen atoms in total. The normalized spacial score (nSPS) is 24.0. The van der Waals surface area contributed by atoms with Gasteiger partial charge in [-0.15, -0.1) is 0 Å². The molecule has 7 rings (SSSR count). The molecular formula is C42H58BN5O5S. The summed E-state index contributed by atoms with van der Waals surface area (Å²) in [5.41, 5.74) is 2.82. The topological polar surface area (TPSA) is 116 Å². The summed E-state index contributed by atoms with van der Waals surface area (Å²) in [6.45, 7) is 17.2. The number of hydrogen-bond acceptors (Lipinski definition) is 10. The number of rotatable bonds is 17. The second-order valence-corrected chi connectivity index (χ2v) is 18.6. The summed E-state index contributed by atoms with van der Waals surface area (Å²) in [6, 6.07) is 15.6. The van der Waals surface area contributed by atoms with Gasteiger partial charge in [-0.2, -0.15) is 11.8 Å². The van der Waals surface area contributed by atoms with E-state index in [0.29, 0.717) is 55.8 Å². The van der Waals surface area contributed by atoms with Crippen LogP contribution < -0.4 is 5.32 Å². The Morgan fingerprint density at radius 2 is 1.63 bits per heavy atom. The van der Waals surface area contributed by atoms with E-state index in [1.54, 1.807) is 30.4 Å². The fraction of sp³-hybridized carbons (Fsp3) is 0.595. The molecule has 4 fully saturated rings. The zero-order valence-corrected chi connectivity index (χ0v) is 33.9. The Balaban J connectivity index is 1.02. The van der Waals surface area contributed by atoms with Crippen molar-refractivity contribution in [2.24, 2.45) is 23.2 Å². The molecule has 3 aromatic rings. The number of ether oxygens (including phenoxy) is 1. The maximum Gasteiger partial charge on any atom is 0.471 e. The van der Waals surface area contributed by atoms with E-state index >= 15 is 0 Å². The molecule has 54 heavy (non-hydrogen) atoms. The van der Waals surface area contributed by atoms with E-state index in [0.717, 1.165) is 36.3 Å². The zero-order valence-electron chi connectivity index (χ0n) is 33.1. The molecule has 1 saturated heterocycles. The van der Waals surface area contributed by atoms with Gasteiger partial charge in [0.25, 0.3) is 5.91 Å². The highest BCUT2D eigenvalue weighted by Crippen LogP contribution is 2.66. The van der Waals surface area contributed by atoms with E-state index in [9.17, 15) is 9.59 Å². The molecule has 4 heterocycles. The number of nitrogens with zero attached hydrogens (tertiary/aromatic N) is 4. The third-order valence-electron chi connectivity index (χ3n) is 11.6. The Morgan fingerprint density at radius 1 is 0.963 bits per heavy atom. The lowest BCUT2D eigenvalue weighted by Crippen LogP contribution is -2.65. The number of esters is 1. The van der Waals surface area contributed by atoms with Crippen molar-refractivity contribution < 1.29 is 23.6 Å². The Kier molecular flexibility index (Phi) is 12.9. The number of carbonyl (C=O) groups excluding carboxylic acids is 2. The van der Waals surface area contributed by atoms with Crippen LogP contribution in [0.3, 0.4) is 0 Å². The molecular weight excluding hydrogens is 697 g/mol. The minimum Gasteiger partial charge on any atom is -0.460 e. The average Bonchev–Trinajstić information content (AvgIpc) is 3.48. The number of thioether (sulfide) groups is 1. The van der Waals surface area contributed by atoms with Crippen molar-refractivity contribution in [2.75, 3.05) is 12.3 Å². The van der Waals surface area contributed by atoms with Gasteiger partial charge in [-0.25, -0.2) is 0 Å². The molecule has 3 aliphatic carbocycles. The lowest BCUT2D eigenvalue weighted by molar-refractivity contribution is -0.199. The van der Waals surface area contributed by atoms with Gasteiger partial charge in [-0.1, -0.05) is 32.9 Å². The van der Waals surface area contributed by atoms with Crippen LogP contribution in [0.5, 0.6) is 0 Å². The van der Waals surface area contributed by atoms with Crippen molar-refractivity contribution in [1.29, 1.82) is 0 Å². The molecule has 290 valence electrons. The van der Waals surface area contributed by atoms with Crippen LogP contribution in [0, 0.1) is 23.2 Å². The second-order valence-electron chi connectivity index (χ2n) is 17.3. The van der Waals surface area contributed by atoms with E-state index in [1.165, 1.54) is 6.42 Å². The smallest absolute Gasteiger partial charge is 0.460 e. The molecule has 0 unspecified atom stereocenters.